The summed E-state index contributed by atoms with van der Waals surface area (Å²) in [5, 5.41) is 2.93. The molecule has 36 heavy (non-hydrogen) atoms. The van der Waals surface area contributed by atoms with E-state index in [0.29, 0.717) is 12.2 Å². The van der Waals surface area contributed by atoms with Gasteiger partial charge in [0.2, 0.25) is 5.91 Å². The number of carbonyl (C=O) groups excluding carboxylic acids is 1. The summed E-state index contributed by atoms with van der Waals surface area (Å²) in [6.07, 6.45) is 3.80. The van der Waals surface area contributed by atoms with Crippen LogP contribution >= 0.6 is 0 Å². The predicted molar refractivity (Wildman–Crippen MR) is 144 cm³/mol. The Hall–Kier alpha value is -3.16. The first-order valence-electron chi connectivity index (χ1n) is 12.5. The third-order valence-corrected chi connectivity index (χ3v) is 8.36. The Labute approximate surface area is 215 Å². The molecule has 6 nitrogen and oxygen atoms in total. The number of carbonyl (C=O) groups is 1. The standard InChI is InChI=1S/C29H35N3O3S/c1-23-14-15-24(2)28(18-23)32(36(34,35)27-12-5-3-6-13-27)22-29(33)30-20-25-10-9-11-26(19-25)21-31-16-7-4-8-17-31/h3,5-6,9-15,18-19H,4,7-8,16-17,20-22H2,1-2H3,(H,30,33). The molecule has 1 heterocycles. The number of anilines is 1. The number of hydrogen-bond donors (Lipinski definition) is 1. The van der Waals surface area contributed by atoms with Crippen LogP contribution in [-0.4, -0.2) is 38.9 Å². The summed E-state index contributed by atoms with van der Waals surface area (Å²) in [6, 6.07) is 22.1. The number of hydrogen-bond acceptors (Lipinski definition) is 4. The van der Waals surface area contributed by atoms with Gasteiger partial charge < -0.3 is 5.32 Å². The molecule has 1 saturated heterocycles. The maximum Gasteiger partial charge on any atom is 0.264 e. The van der Waals surface area contributed by atoms with Crippen LogP contribution in [0.2, 0.25) is 0 Å². The highest BCUT2D eigenvalue weighted by atomic mass is 32.2. The Morgan fingerprint density at radius 1 is 0.889 bits per heavy atom. The van der Waals surface area contributed by atoms with Gasteiger partial charge in [-0.3, -0.25) is 14.0 Å². The second-order valence-corrected chi connectivity index (χ2v) is 11.4. The van der Waals surface area contributed by atoms with Gasteiger partial charge in [0.25, 0.3) is 10.0 Å². The van der Waals surface area contributed by atoms with Crippen LogP contribution in [0.3, 0.4) is 0 Å². The third kappa shape index (κ3) is 6.53. The second kappa shape index (κ2) is 11.7. The van der Waals surface area contributed by atoms with E-state index in [1.54, 1.807) is 30.3 Å². The Morgan fingerprint density at radius 3 is 2.36 bits per heavy atom. The van der Waals surface area contributed by atoms with Crippen molar-refractivity contribution < 1.29 is 13.2 Å². The van der Waals surface area contributed by atoms with Crippen molar-refractivity contribution in [1.82, 2.24) is 10.2 Å². The molecule has 0 aliphatic carbocycles. The number of nitrogens with one attached hydrogen (secondary N) is 1. The molecule has 0 radical (unpaired) electrons. The molecule has 4 rings (SSSR count). The van der Waals surface area contributed by atoms with Crippen molar-refractivity contribution >= 4 is 21.6 Å². The number of piperidine rings is 1. The minimum Gasteiger partial charge on any atom is -0.350 e. The molecule has 0 spiro atoms. The molecule has 0 aromatic heterocycles. The van der Waals surface area contributed by atoms with Gasteiger partial charge in [-0.15, -0.1) is 0 Å². The lowest BCUT2D eigenvalue weighted by Crippen LogP contribution is -2.41. The van der Waals surface area contributed by atoms with E-state index in [-0.39, 0.29) is 17.3 Å². The normalized spacial score (nSPS) is 14.4. The molecule has 7 heteroatoms. The zero-order valence-electron chi connectivity index (χ0n) is 21.1. The van der Waals surface area contributed by atoms with Crippen LogP contribution < -0.4 is 9.62 Å². The average molecular weight is 506 g/mol. The van der Waals surface area contributed by atoms with Gasteiger partial charge in [-0.25, -0.2) is 8.42 Å². The van der Waals surface area contributed by atoms with Gasteiger partial charge in [-0.1, -0.05) is 61.0 Å². The first-order valence-corrected chi connectivity index (χ1v) is 14.0. The molecule has 1 fully saturated rings. The number of sulfonamides is 1. The van der Waals surface area contributed by atoms with E-state index >= 15 is 0 Å². The summed E-state index contributed by atoms with van der Waals surface area (Å²) in [5.74, 6) is -0.350. The molecule has 0 unspecified atom stereocenters. The van der Waals surface area contributed by atoms with Crippen LogP contribution in [-0.2, 0) is 27.9 Å². The van der Waals surface area contributed by atoms with Crippen LogP contribution in [0.5, 0.6) is 0 Å². The average Bonchev–Trinajstić information content (AvgIpc) is 2.89. The molecule has 1 N–H and O–H groups in total. The predicted octanol–water partition coefficient (Wildman–Crippen LogP) is 4.80. The summed E-state index contributed by atoms with van der Waals surface area (Å²) in [5.41, 5.74) is 4.46. The highest BCUT2D eigenvalue weighted by Crippen LogP contribution is 2.27. The molecular formula is C29H35N3O3S. The second-order valence-electron chi connectivity index (χ2n) is 9.55. The maximum atomic E-state index is 13.6. The number of nitrogens with zero attached hydrogens (tertiary/aromatic N) is 2. The Kier molecular flexibility index (Phi) is 8.44. The molecule has 3 aromatic rings. The minimum absolute atomic E-state index is 0.157. The van der Waals surface area contributed by atoms with Crippen molar-refractivity contribution in [3.8, 4) is 0 Å². The summed E-state index contributed by atoms with van der Waals surface area (Å²) in [4.78, 5) is 15.7. The Morgan fingerprint density at radius 2 is 1.61 bits per heavy atom. The number of likely N-dealkylation sites (tertiary alicyclic amines) is 1. The van der Waals surface area contributed by atoms with E-state index in [9.17, 15) is 13.2 Å². The van der Waals surface area contributed by atoms with Crippen molar-refractivity contribution in [2.45, 2.75) is 51.1 Å². The number of aryl methyl sites for hydroxylation is 2. The minimum atomic E-state index is -3.93. The Balaban J connectivity index is 1.49. The van der Waals surface area contributed by atoms with Gasteiger partial charge in [-0.05, 0) is 80.2 Å². The van der Waals surface area contributed by atoms with E-state index < -0.39 is 10.0 Å². The number of rotatable bonds is 9. The lowest BCUT2D eigenvalue weighted by atomic mass is 10.1. The van der Waals surface area contributed by atoms with Crippen LogP contribution in [0, 0.1) is 13.8 Å². The molecule has 0 saturated carbocycles. The zero-order chi connectivity index (χ0) is 25.5. The summed E-state index contributed by atoms with van der Waals surface area (Å²) in [7, 11) is -3.93. The molecule has 3 aromatic carbocycles. The van der Waals surface area contributed by atoms with Crippen LogP contribution in [0.15, 0.2) is 77.7 Å². The van der Waals surface area contributed by atoms with Gasteiger partial charge in [0, 0.05) is 13.1 Å². The van der Waals surface area contributed by atoms with Crippen LogP contribution in [0.4, 0.5) is 5.69 Å². The fourth-order valence-electron chi connectivity index (χ4n) is 4.61. The van der Waals surface area contributed by atoms with Crippen molar-refractivity contribution in [3.63, 3.8) is 0 Å². The molecule has 190 valence electrons. The first kappa shape index (κ1) is 25.9. The van der Waals surface area contributed by atoms with Gasteiger partial charge in [0.1, 0.15) is 6.54 Å². The summed E-state index contributed by atoms with van der Waals surface area (Å²) < 4.78 is 28.4. The van der Waals surface area contributed by atoms with Crippen molar-refractivity contribution in [2.75, 3.05) is 23.9 Å². The number of amides is 1. The van der Waals surface area contributed by atoms with E-state index in [0.717, 1.165) is 36.3 Å². The number of benzene rings is 3. The van der Waals surface area contributed by atoms with Gasteiger partial charge in [0.05, 0.1) is 10.6 Å². The lowest BCUT2D eigenvalue weighted by molar-refractivity contribution is -0.119. The SMILES string of the molecule is Cc1ccc(C)c(N(CC(=O)NCc2cccc(CN3CCCCC3)c2)S(=O)(=O)c2ccccc2)c1. The fourth-order valence-corrected chi connectivity index (χ4v) is 6.11. The Bertz CT molecular complexity index is 1290. The van der Waals surface area contributed by atoms with Crippen molar-refractivity contribution in [1.29, 1.82) is 0 Å². The topological polar surface area (TPSA) is 69.7 Å². The highest BCUT2D eigenvalue weighted by Gasteiger charge is 2.28. The summed E-state index contributed by atoms with van der Waals surface area (Å²) >= 11 is 0. The summed E-state index contributed by atoms with van der Waals surface area (Å²) in [6.45, 7) is 6.99. The molecule has 1 aliphatic heterocycles. The molecule has 0 atom stereocenters. The molecule has 1 amide bonds. The van der Waals surface area contributed by atoms with Crippen LogP contribution in [0.1, 0.15) is 41.5 Å². The largest absolute Gasteiger partial charge is 0.350 e. The molecule has 0 bridgehead atoms. The van der Waals surface area contributed by atoms with Crippen LogP contribution in [0.25, 0.3) is 0 Å². The van der Waals surface area contributed by atoms with E-state index in [1.165, 1.54) is 29.1 Å². The third-order valence-electron chi connectivity index (χ3n) is 6.59. The van der Waals surface area contributed by atoms with E-state index in [4.69, 9.17) is 0 Å². The lowest BCUT2D eigenvalue weighted by Gasteiger charge is -2.26. The van der Waals surface area contributed by atoms with Crippen molar-refractivity contribution in [3.05, 3.63) is 95.1 Å². The van der Waals surface area contributed by atoms with E-state index in [2.05, 4.69) is 22.3 Å². The quantitative estimate of drug-likeness (QED) is 0.454. The smallest absolute Gasteiger partial charge is 0.264 e. The highest BCUT2D eigenvalue weighted by molar-refractivity contribution is 7.92. The van der Waals surface area contributed by atoms with Crippen molar-refractivity contribution in [2.24, 2.45) is 0 Å². The van der Waals surface area contributed by atoms with Gasteiger partial charge >= 0.3 is 0 Å². The molecule has 1 aliphatic rings. The van der Waals surface area contributed by atoms with Gasteiger partial charge in [-0.2, -0.15) is 0 Å². The maximum absolute atomic E-state index is 13.6. The first-order chi connectivity index (χ1) is 17.3. The van der Waals surface area contributed by atoms with Gasteiger partial charge in [0.15, 0.2) is 0 Å². The monoisotopic (exact) mass is 505 g/mol. The van der Waals surface area contributed by atoms with E-state index in [1.807, 2.05) is 44.2 Å². The molecular weight excluding hydrogens is 470 g/mol. The fraction of sp³-hybridized carbons (Fsp3) is 0.345. The zero-order valence-corrected chi connectivity index (χ0v) is 21.9.